The van der Waals surface area contributed by atoms with Crippen molar-refractivity contribution in [2.75, 3.05) is 6.61 Å². The summed E-state index contributed by atoms with van der Waals surface area (Å²) in [7, 11) is 0. The highest BCUT2D eigenvalue weighted by Crippen LogP contribution is 2.19. The molecule has 1 aliphatic rings. The van der Waals surface area contributed by atoms with Crippen LogP contribution < -0.4 is 5.32 Å². The Morgan fingerprint density at radius 1 is 1.53 bits per heavy atom. The summed E-state index contributed by atoms with van der Waals surface area (Å²) >= 11 is 3.40. The molecule has 1 aromatic rings. The maximum atomic E-state index is 12.1. The van der Waals surface area contributed by atoms with Gasteiger partial charge in [0.2, 0.25) is 0 Å². The molecule has 1 heterocycles. The fraction of sp³-hybridized carbons (Fsp3) is 0.533. The molecule has 2 rings (SSSR count). The number of hydrogen-bond acceptors (Lipinski definition) is 2. The minimum Gasteiger partial charge on any atom is -0.378 e. The molecule has 1 N–H and O–H groups in total. The third-order valence-electron chi connectivity index (χ3n) is 3.44. The van der Waals surface area contributed by atoms with Gasteiger partial charge in [-0.05, 0) is 60.7 Å². The molecule has 19 heavy (non-hydrogen) atoms. The van der Waals surface area contributed by atoms with Crippen LogP contribution in [0.25, 0.3) is 0 Å². The Morgan fingerprint density at radius 2 is 2.32 bits per heavy atom. The second-order valence-electron chi connectivity index (χ2n) is 5.07. The van der Waals surface area contributed by atoms with Gasteiger partial charge in [0.25, 0.3) is 5.91 Å². The van der Waals surface area contributed by atoms with Crippen molar-refractivity contribution in [1.29, 1.82) is 0 Å². The van der Waals surface area contributed by atoms with Gasteiger partial charge in [-0.15, -0.1) is 0 Å². The number of ether oxygens (including phenoxy) is 1. The maximum Gasteiger partial charge on any atom is 0.252 e. The Balaban J connectivity index is 1.79. The zero-order valence-electron chi connectivity index (χ0n) is 11.2. The average Bonchev–Trinajstić information content (AvgIpc) is 2.90. The first-order valence-electron chi connectivity index (χ1n) is 6.84. The van der Waals surface area contributed by atoms with Crippen LogP contribution in [0, 0.1) is 0 Å². The summed E-state index contributed by atoms with van der Waals surface area (Å²) in [5.41, 5.74) is 0.687. The minimum atomic E-state index is -0.0210. The highest BCUT2D eigenvalue weighted by atomic mass is 79.9. The highest BCUT2D eigenvalue weighted by Gasteiger charge is 2.17. The zero-order valence-corrected chi connectivity index (χ0v) is 12.8. The quantitative estimate of drug-likeness (QED) is 0.899. The first kappa shape index (κ1) is 14.5. The third-order valence-corrected chi connectivity index (χ3v) is 4.13. The van der Waals surface area contributed by atoms with Crippen LogP contribution in [0.2, 0.25) is 0 Å². The molecule has 1 amide bonds. The molecule has 3 nitrogen and oxygen atoms in total. The lowest BCUT2D eigenvalue weighted by Crippen LogP contribution is -2.33. The fourth-order valence-corrected chi connectivity index (χ4v) is 2.79. The van der Waals surface area contributed by atoms with E-state index in [0.29, 0.717) is 11.7 Å². The number of nitrogens with one attached hydrogen (secondary N) is 1. The van der Waals surface area contributed by atoms with E-state index in [4.69, 9.17) is 4.74 Å². The summed E-state index contributed by atoms with van der Waals surface area (Å²) in [4.78, 5) is 12.1. The predicted octanol–water partition coefficient (Wildman–Crippen LogP) is 3.53. The Morgan fingerprint density at radius 3 is 3.00 bits per heavy atom. The number of benzene rings is 1. The van der Waals surface area contributed by atoms with Crippen LogP contribution in [0.5, 0.6) is 0 Å². The number of rotatable bonds is 5. The summed E-state index contributed by atoms with van der Waals surface area (Å²) in [6, 6.07) is 7.65. The largest absolute Gasteiger partial charge is 0.378 e. The van der Waals surface area contributed by atoms with Crippen LogP contribution in [0.3, 0.4) is 0 Å². The van der Waals surface area contributed by atoms with E-state index in [1.165, 1.54) is 6.42 Å². The molecule has 0 saturated carbocycles. The molecule has 1 aromatic carbocycles. The molecule has 0 unspecified atom stereocenters. The van der Waals surface area contributed by atoms with Gasteiger partial charge in [-0.1, -0.05) is 12.1 Å². The Labute approximate surface area is 122 Å². The van der Waals surface area contributed by atoms with Gasteiger partial charge in [-0.25, -0.2) is 0 Å². The number of amides is 1. The third kappa shape index (κ3) is 4.32. The molecule has 4 heteroatoms. The van der Waals surface area contributed by atoms with Crippen molar-refractivity contribution in [1.82, 2.24) is 5.32 Å². The molecule has 0 aromatic heterocycles. The zero-order chi connectivity index (χ0) is 13.7. The van der Waals surface area contributed by atoms with E-state index in [-0.39, 0.29) is 11.9 Å². The molecule has 0 spiro atoms. The van der Waals surface area contributed by atoms with Gasteiger partial charge in [0.05, 0.1) is 11.7 Å². The molecular formula is C15H20BrNO2. The SMILES string of the molecule is C[C@H](CC[C@H]1CCCO1)NC(=O)c1ccccc1Br. The molecule has 0 radical (unpaired) electrons. The Hall–Kier alpha value is -0.870. The van der Waals surface area contributed by atoms with Gasteiger partial charge in [0.15, 0.2) is 0 Å². The van der Waals surface area contributed by atoms with E-state index < -0.39 is 0 Å². The van der Waals surface area contributed by atoms with Gasteiger partial charge < -0.3 is 10.1 Å². The van der Waals surface area contributed by atoms with Crippen molar-refractivity contribution in [3.63, 3.8) is 0 Å². The number of halogens is 1. The summed E-state index contributed by atoms with van der Waals surface area (Å²) in [6.45, 7) is 2.94. The number of carbonyl (C=O) groups is 1. The minimum absolute atomic E-state index is 0.0210. The van der Waals surface area contributed by atoms with Gasteiger partial charge in [-0.3, -0.25) is 4.79 Å². The van der Waals surface area contributed by atoms with E-state index in [2.05, 4.69) is 21.2 Å². The maximum absolute atomic E-state index is 12.1. The smallest absolute Gasteiger partial charge is 0.252 e. The molecule has 2 atom stereocenters. The lowest BCUT2D eigenvalue weighted by Gasteiger charge is -2.16. The molecule has 0 bridgehead atoms. The lowest BCUT2D eigenvalue weighted by molar-refractivity contribution is 0.0899. The second-order valence-corrected chi connectivity index (χ2v) is 5.92. The normalized spacial score (nSPS) is 20.2. The lowest BCUT2D eigenvalue weighted by atomic mass is 10.1. The van der Waals surface area contributed by atoms with E-state index >= 15 is 0 Å². The van der Waals surface area contributed by atoms with Crippen LogP contribution in [-0.4, -0.2) is 24.7 Å². The highest BCUT2D eigenvalue weighted by molar-refractivity contribution is 9.10. The van der Waals surface area contributed by atoms with Crippen LogP contribution in [0.15, 0.2) is 28.7 Å². The standard InChI is InChI=1S/C15H20BrNO2/c1-11(8-9-12-5-4-10-19-12)17-15(18)13-6-2-3-7-14(13)16/h2-3,6-7,11-12H,4-5,8-10H2,1H3,(H,17,18)/t11-,12-/m1/s1. The predicted molar refractivity (Wildman–Crippen MR) is 79.3 cm³/mol. The summed E-state index contributed by atoms with van der Waals surface area (Å²) in [5.74, 6) is -0.0210. The fourth-order valence-electron chi connectivity index (χ4n) is 2.33. The molecule has 1 fully saturated rings. The van der Waals surface area contributed by atoms with Crippen LogP contribution >= 0.6 is 15.9 Å². The topological polar surface area (TPSA) is 38.3 Å². The second kappa shape index (κ2) is 7.06. The van der Waals surface area contributed by atoms with Crippen molar-refractivity contribution in [2.24, 2.45) is 0 Å². The molecule has 1 saturated heterocycles. The first-order chi connectivity index (χ1) is 9.16. The molecular weight excluding hydrogens is 306 g/mol. The van der Waals surface area contributed by atoms with Gasteiger partial charge in [-0.2, -0.15) is 0 Å². The Bertz CT molecular complexity index is 430. The van der Waals surface area contributed by atoms with E-state index in [1.807, 2.05) is 31.2 Å². The van der Waals surface area contributed by atoms with E-state index in [9.17, 15) is 4.79 Å². The van der Waals surface area contributed by atoms with E-state index in [0.717, 1.165) is 30.3 Å². The van der Waals surface area contributed by atoms with Crippen molar-refractivity contribution < 1.29 is 9.53 Å². The molecule has 104 valence electrons. The van der Waals surface area contributed by atoms with Crippen molar-refractivity contribution in [2.45, 2.75) is 44.8 Å². The van der Waals surface area contributed by atoms with Gasteiger partial charge in [0.1, 0.15) is 0 Å². The number of carbonyl (C=O) groups excluding carboxylic acids is 1. The van der Waals surface area contributed by atoms with Crippen molar-refractivity contribution >= 4 is 21.8 Å². The first-order valence-corrected chi connectivity index (χ1v) is 7.63. The van der Waals surface area contributed by atoms with E-state index in [1.54, 1.807) is 0 Å². The van der Waals surface area contributed by atoms with Crippen molar-refractivity contribution in [3.8, 4) is 0 Å². The Kier molecular flexibility index (Phi) is 5.40. The van der Waals surface area contributed by atoms with Crippen LogP contribution in [0.4, 0.5) is 0 Å². The van der Waals surface area contributed by atoms with Crippen LogP contribution in [0.1, 0.15) is 43.0 Å². The van der Waals surface area contributed by atoms with Crippen LogP contribution in [-0.2, 0) is 4.74 Å². The van der Waals surface area contributed by atoms with Gasteiger partial charge >= 0.3 is 0 Å². The molecule has 0 aliphatic carbocycles. The number of hydrogen-bond donors (Lipinski definition) is 1. The monoisotopic (exact) mass is 325 g/mol. The average molecular weight is 326 g/mol. The summed E-state index contributed by atoms with van der Waals surface area (Å²) in [6.07, 6.45) is 4.70. The summed E-state index contributed by atoms with van der Waals surface area (Å²) < 4.78 is 6.42. The molecule has 1 aliphatic heterocycles. The summed E-state index contributed by atoms with van der Waals surface area (Å²) in [5, 5.41) is 3.04. The van der Waals surface area contributed by atoms with Gasteiger partial charge in [0, 0.05) is 17.1 Å². The van der Waals surface area contributed by atoms with Crippen molar-refractivity contribution in [3.05, 3.63) is 34.3 Å².